The molecule has 0 fully saturated rings. The summed E-state index contributed by atoms with van der Waals surface area (Å²) in [6, 6.07) is 29.1. The molecule has 3 aromatic carbocycles. The van der Waals surface area contributed by atoms with Gasteiger partial charge in [-0.25, -0.2) is 0 Å². The molecule has 1 unspecified atom stereocenters. The van der Waals surface area contributed by atoms with Crippen LogP contribution in [0.5, 0.6) is 0 Å². The van der Waals surface area contributed by atoms with Crippen molar-refractivity contribution in [1.29, 1.82) is 0 Å². The summed E-state index contributed by atoms with van der Waals surface area (Å²) in [6.07, 6.45) is 13.0. The van der Waals surface area contributed by atoms with Crippen molar-refractivity contribution in [3.63, 3.8) is 0 Å². The van der Waals surface area contributed by atoms with E-state index in [1.165, 1.54) is 27.8 Å². The standard InChI is InChI=1S/C14H12.C9H7.C5H5.2ClH.Zr/c1-12-7-5-6-10-14(12)11-13-8-3-2-4-9-13;1-2-5-9-7-3-6-8(9)4-1;1-2-4-5-3-1;;;/h2-10H,1H3;1-7H;1-3H,4H2;2*1H;/q;;;;;+2/p-2. The Morgan fingerprint density at radius 1 is 0.839 bits per heavy atom. The zero-order valence-corrected chi connectivity index (χ0v) is 21.4. The number of aryl methyl sites for hydroxylation is 1. The molecule has 31 heavy (non-hydrogen) atoms. The third-order valence-electron chi connectivity index (χ3n) is 5.97. The smallest absolute Gasteiger partial charge is 1.00 e. The Hall–Kier alpha value is -1.79. The van der Waals surface area contributed by atoms with Gasteiger partial charge < -0.3 is 24.8 Å². The fraction of sp³-hybridized carbons (Fsp3) is 0.107. The van der Waals surface area contributed by atoms with Gasteiger partial charge in [0.05, 0.1) is 0 Å². The molecular formula is C28H24Cl2Zr. The van der Waals surface area contributed by atoms with E-state index in [0.29, 0.717) is 3.63 Å². The zero-order chi connectivity index (χ0) is 19.6. The van der Waals surface area contributed by atoms with Gasteiger partial charge in [0.2, 0.25) is 0 Å². The predicted molar refractivity (Wildman–Crippen MR) is 121 cm³/mol. The molecule has 0 amide bonds. The van der Waals surface area contributed by atoms with Crippen LogP contribution in [0.1, 0.15) is 37.9 Å². The summed E-state index contributed by atoms with van der Waals surface area (Å²) in [5.41, 5.74) is 7.16. The van der Waals surface area contributed by atoms with E-state index in [9.17, 15) is 0 Å². The number of hydrogen-bond acceptors (Lipinski definition) is 0. The molecule has 0 N–H and O–H groups in total. The van der Waals surface area contributed by atoms with Crippen LogP contribution in [0.15, 0.2) is 106 Å². The number of benzene rings is 3. The molecule has 0 saturated heterocycles. The molecule has 2 aliphatic carbocycles. The van der Waals surface area contributed by atoms with Gasteiger partial charge in [0.1, 0.15) is 0 Å². The maximum Gasteiger partial charge on any atom is -1.00 e. The SMILES string of the molecule is Cc1ccccc1[C](c1ccccc1)=[Zr+2]([C]1=CC=CC1)[CH]1C=Cc2ccccc21.[Cl-].[Cl-]. The molecule has 0 bridgehead atoms. The number of hydrogen-bond donors (Lipinski definition) is 0. The fourth-order valence-corrected chi connectivity index (χ4v) is 13.3. The molecule has 1 atom stereocenters. The van der Waals surface area contributed by atoms with E-state index < -0.39 is 21.3 Å². The van der Waals surface area contributed by atoms with Gasteiger partial charge in [-0.15, -0.1) is 0 Å². The van der Waals surface area contributed by atoms with Crippen LogP contribution in [-0.4, -0.2) is 3.21 Å². The molecule has 154 valence electrons. The van der Waals surface area contributed by atoms with E-state index in [1.807, 2.05) is 0 Å². The van der Waals surface area contributed by atoms with Crippen molar-refractivity contribution in [1.82, 2.24) is 0 Å². The first-order chi connectivity index (χ1) is 14.3. The maximum absolute atomic E-state index is 2.50. The van der Waals surface area contributed by atoms with E-state index in [2.05, 4.69) is 116 Å². The van der Waals surface area contributed by atoms with Crippen LogP contribution in [0.25, 0.3) is 6.08 Å². The number of allylic oxidation sites excluding steroid dienone is 5. The molecule has 0 aromatic heterocycles. The second-order valence-corrected chi connectivity index (χ2v) is 14.1. The van der Waals surface area contributed by atoms with Gasteiger partial charge in [0, 0.05) is 0 Å². The summed E-state index contributed by atoms with van der Waals surface area (Å²) in [5, 5.41) is 0. The maximum atomic E-state index is 2.50. The third-order valence-corrected chi connectivity index (χ3v) is 14.0. The van der Waals surface area contributed by atoms with Crippen LogP contribution in [0.3, 0.4) is 0 Å². The summed E-state index contributed by atoms with van der Waals surface area (Å²) in [4.78, 5) is 0. The Kier molecular flexibility index (Phi) is 8.23. The Balaban J connectivity index is 0.00000136. The van der Waals surface area contributed by atoms with Gasteiger partial charge in [0.25, 0.3) is 0 Å². The number of rotatable bonds is 4. The summed E-state index contributed by atoms with van der Waals surface area (Å²) in [7, 11) is 0. The van der Waals surface area contributed by atoms with Crippen molar-refractivity contribution >= 4 is 9.28 Å². The molecule has 0 nitrogen and oxygen atoms in total. The predicted octanol–water partition coefficient (Wildman–Crippen LogP) is 0.802. The minimum atomic E-state index is -2.32. The normalized spacial score (nSPS) is 16.1. The summed E-state index contributed by atoms with van der Waals surface area (Å²) in [6.45, 7) is 2.26. The summed E-state index contributed by atoms with van der Waals surface area (Å²) in [5.74, 6) is 0. The third kappa shape index (κ3) is 4.70. The monoisotopic (exact) mass is 520 g/mol. The van der Waals surface area contributed by atoms with Crippen LogP contribution in [-0.2, 0) is 21.3 Å². The minimum Gasteiger partial charge on any atom is -1.00 e. The zero-order valence-electron chi connectivity index (χ0n) is 17.4. The topological polar surface area (TPSA) is 0 Å². The molecule has 0 spiro atoms. The van der Waals surface area contributed by atoms with Gasteiger partial charge in [-0.3, -0.25) is 0 Å². The number of halogens is 2. The Morgan fingerprint density at radius 2 is 1.55 bits per heavy atom. The number of fused-ring (bicyclic) bond motifs is 1. The van der Waals surface area contributed by atoms with Gasteiger partial charge >= 0.3 is 182 Å². The minimum absolute atomic E-state index is 0. The van der Waals surface area contributed by atoms with E-state index in [-0.39, 0.29) is 24.8 Å². The van der Waals surface area contributed by atoms with Crippen molar-refractivity contribution in [2.75, 3.05) is 0 Å². The van der Waals surface area contributed by atoms with E-state index >= 15 is 0 Å². The quantitative estimate of drug-likeness (QED) is 0.476. The second kappa shape index (κ2) is 10.7. The first-order valence-electron chi connectivity index (χ1n) is 10.3. The largest absolute Gasteiger partial charge is 1.00 e. The molecule has 5 rings (SSSR count). The molecule has 0 radical (unpaired) electrons. The second-order valence-electron chi connectivity index (χ2n) is 7.76. The van der Waals surface area contributed by atoms with Gasteiger partial charge in [-0.2, -0.15) is 0 Å². The summed E-state index contributed by atoms with van der Waals surface area (Å²) < 4.78 is 3.88. The van der Waals surface area contributed by atoms with Gasteiger partial charge in [-0.1, -0.05) is 0 Å². The Labute approximate surface area is 205 Å². The molecule has 3 aromatic rings. The molecule has 2 aliphatic rings. The van der Waals surface area contributed by atoms with Gasteiger partial charge in [0.15, 0.2) is 0 Å². The van der Waals surface area contributed by atoms with Crippen LogP contribution in [0, 0.1) is 6.92 Å². The van der Waals surface area contributed by atoms with Crippen LogP contribution >= 0.6 is 0 Å². The van der Waals surface area contributed by atoms with E-state index in [1.54, 1.807) is 6.49 Å². The Bertz CT molecular complexity index is 1190. The van der Waals surface area contributed by atoms with Crippen molar-refractivity contribution in [3.05, 3.63) is 134 Å². The molecule has 3 heteroatoms. The molecule has 0 aliphatic heterocycles. The van der Waals surface area contributed by atoms with Crippen molar-refractivity contribution in [2.45, 2.75) is 17.0 Å². The fourth-order valence-electron chi connectivity index (χ4n) is 4.58. The average molecular weight is 523 g/mol. The average Bonchev–Trinajstić information content (AvgIpc) is 3.44. The van der Waals surface area contributed by atoms with Crippen molar-refractivity contribution in [3.8, 4) is 0 Å². The molecule has 0 saturated carbocycles. The summed E-state index contributed by atoms with van der Waals surface area (Å²) >= 11 is -2.32. The first-order valence-corrected chi connectivity index (χ1v) is 14.2. The molecule has 0 heterocycles. The molecular weight excluding hydrogens is 498 g/mol. The van der Waals surface area contributed by atoms with Crippen LogP contribution < -0.4 is 24.8 Å². The van der Waals surface area contributed by atoms with Crippen LogP contribution in [0.2, 0.25) is 0 Å². The van der Waals surface area contributed by atoms with Crippen molar-refractivity contribution < 1.29 is 46.1 Å². The Morgan fingerprint density at radius 3 is 2.29 bits per heavy atom. The van der Waals surface area contributed by atoms with E-state index in [0.717, 1.165) is 6.42 Å². The van der Waals surface area contributed by atoms with E-state index in [4.69, 9.17) is 0 Å². The first kappa shape index (κ1) is 23.9. The van der Waals surface area contributed by atoms with Gasteiger partial charge in [-0.05, 0) is 0 Å². The van der Waals surface area contributed by atoms with Crippen molar-refractivity contribution in [2.24, 2.45) is 0 Å². The van der Waals surface area contributed by atoms with Crippen LogP contribution in [0.4, 0.5) is 0 Å².